The van der Waals surface area contributed by atoms with Crippen LogP contribution < -0.4 is 11.1 Å². The van der Waals surface area contributed by atoms with Crippen LogP contribution in [0.5, 0.6) is 0 Å². The van der Waals surface area contributed by atoms with Crippen molar-refractivity contribution in [3.05, 3.63) is 69.7 Å². The molecule has 2 heterocycles. The molecule has 4 N–H and O–H groups in total. The highest BCUT2D eigenvalue weighted by Crippen LogP contribution is 2.42. The summed E-state index contributed by atoms with van der Waals surface area (Å²) < 4.78 is 1.03. The molecule has 0 fully saturated rings. The number of hydrogen-bond acceptors (Lipinski definition) is 5. The summed E-state index contributed by atoms with van der Waals surface area (Å²) in [5, 5.41) is 21.3. The Bertz CT molecular complexity index is 1160. The lowest BCUT2D eigenvalue weighted by atomic mass is 9.94. The Balaban J connectivity index is 1.93. The topological polar surface area (TPSA) is 103 Å². The van der Waals surface area contributed by atoms with Gasteiger partial charge in [0.1, 0.15) is 11.6 Å². The number of halogens is 1. The first kappa shape index (κ1) is 17.3. The summed E-state index contributed by atoms with van der Waals surface area (Å²) >= 11 is 2.26. The Labute approximate surface area is 169 Å². The van der Waals surface area contributed by atoms with Crippen molar-refractivity contribution >= 4 is 44.9 Å². The van der Waals surface area contributed by atoms with Gasteiger partial charge in [0.15, 0.2) is 0 Å². The summed E-state index contributed by atoms with van der Waals surface area (Å²) in [6, 6.07) is 14.1. The number of H-pyrrole nitrogens is 1. The van der Waals surface area contributed by atoms with E-state index in [1.807, 2.05) is 36.4 Å². The maximum Gasteiger partial charge on any atom is 0.119 e. The van der Waals surface area contributed by atoms with Crippen LogP contribution in [-0.4, -0.2) is 15.2 Å². The molecule has 4 rings (SSSR count). The molecule has 0 saturated carbocycles. The maximum atomic E-state index is 9.97. The molecule has 0 aliphatic carbocycles. The number of pyridine rings is 1. The van der Waals surface area contributed by atoms with Gasteiger partial charge in [0.25, 0.3) is 0 Å². The van der Waals surface area contributed by atoms with Crippen molar-refractivity contribution in [1.82, 2.24) is 15.2 Å². The molecule has 0 unspecified atom stereocenters. The number of nitrogen functional groups attached to an aromatic ring is 1. The Morgan fingerprint density at radius 2 is 2.07 bits per heavy atom. The van der Waals surface area contributed by atoms with Crippen LogP contribution in [0.3, 0.4) is 0 Å². The summed E-state index contributed by atoms with van der Waals surface area (Å²) in [4.78, 5) is 4.13. The molecule has 7 heteroatoms. The molecule has 0 radical (unpaired) electrons. The molecule has 0 spiro atoms. The van der Waals surface area contributed by atoms with E-state index in [1.165, 1.54) is 0 Å². The normalized spacial score (nSPS) is 10.7. The van der Waals surface area contributed by atoms with Gasteiger partial charge in [0.2, 0.25) is 0 Å². The monoisotopic (exact) mass is 466 g/mol. The smallest absolute Gasteiger partial charge is 0.119 e. The van der Waals surface area contributed by atoms with Gasteiger partial charge in [-0.25, -0.2) is 0 Å². The van der Waals surface area contributed by atoms with Crippen LogP contribution in [-0.2, 0) is 6.54 Å². The third kappa shape index (κ3) is 3.08. The minimum atomic E-state index is 0.486. The Hall–Kier alpha value is -3.12. The molecular formula is C20H15IN6. The number of benzene rings is 2. The van der Waals surface area contributed by atoms with Crippen LogP contribution in [0.2, 0.25) is 0 Å². The van der Waals surface area contributed by atoms with Gasteiger partial charge in [-0.2, -0.15) is 10.4 Å². The maximum absolute atomic E-state index is 9.97. The molecule has 0 aliphatic rings. The number of fused-ring (bicyclic) bond motifs is 1. The molecule has 132 valence electrons. The van der Waals surface area contributed by atoms with E-state index in [4.69, 9.17) is 5.73 Å². The van der Waals surface area contributed by atoms with Crippen molar-refractivity contribution in [3.63, 3.8) is 0 Å². The van der Waals surface area contributed by atoms with E-state index in [-0.39, 0.29) is 0 Å². The Morgan fingerprint density at radius 3 is 2.81 bits per heavy atom. The second-order valence-corrected chi connectivity index (χ2v) is 7.15. The van der Waals surface area contributed by atoms with Crippen molar-refractivity contribution in [1.29, 1.82) is 5.26 Å². The predicted molar refractivity (Wildman–Crippen MR) is 115 cm³/mol. The third-order valence-electron chi connectivity index (χ3n) is 4.38. The number of nitrogens with one attached hydrogen (secondary N) is 2. The summed E-state index contributed by atoms with van der Waals surface area (Å²) in [7, 11) is 0. The first-order valence-electron chi connectivity index (χ1n) is 8.27. The zero-order chi connectivity index (χ0) is 18.8. The number of aromatic amines is 1. The van der Waals surface area contributed by atoms with E-state index in [0.29, 0.717) is 29.0 Å². The zero-order valence-corrected chi connectivity index (χ0v) is 16.4. The highest BCUT2D eigenvalue weighted by molar-refractivity contribution is 14.1. The summed E-state index contributed by atoms with van der Waals surface area (Å²) in [5.41, 5.74) is 11.5. The van der Waals surface area contributed by atoms with Crippen molar-refractivity contribution in [2.24, 2.45) is 0 Å². The molecule has 4 aromatic rings. The van der Waals surface area contributed by atoms with E-state index in [0.717, 1.165) is 25.6 Å². The molecule has 0 aliphatic heterocycles. The van der Waals surface area contributed by atoms with E-state index < -0.39 is 0 Å². The van der Waals surface area contributed by atoms with Crippen molar-refractivity contribution in [2.45, 2.75) is 6.54 Å². The lowest BCUT2D eigenvalue weighted by Crippen LogP contribution is -2.06. The molecular weight excluding hydrogens is 451 g/mol. The largest absolute Gasteiger partial charge is 0.398 e. The van der Waals surface area contributed by atoms with Crippen molar-refractivity contribution < 1.29 is 0 Å². The van der Waals surface area contributed by atoms with E-state index in [1.54, 1.807) is 18.6 Å². The number of rotatable bonds is 4. The van der Waals surface area contributed by atoms with Gasteiger partial charge in [-0.1, -0.05) is 24.3 Å². The molecule has 2 aromatic heterocycles. The van der Waals surface area contributed by atoms with Crippen molar-refractivity contribution in [2.75, 3.05) is 11.1 Å². The van der Waals surface area contributed by atoms with Crippen LogP contribution in [0, 0.1) is 14.9 Å². The number of nitrogens with two attached hydrogens (primary N) is 1. The quantitative estimate of drug-likeness (QED) is 0.308. The lowest BCUT2D eigenvalue weighted by molar-refractivity contribution is 1.09. The Kier molecular flexibility index (Phi) is 4.64. The number of nitriles is 1. The van der Waals surface area contributed by atoms with E-state index in [9.17, 15) is 5.26 Å². The first-order chi connectivity index (χ1) is 13.2. The Morgan fingerprint density at radius 1 is 1.22 bits per heavy atom. The average Bonchev–Trinajstić information content (AvgIpc) is 3.19. The summed E-state index contributed by atoms with van der Waals surface area (Å²) in [5.74, 6) is 0. The summed E-state index contributed by atoms with van der Waals surface area (Å²) in [6.07, 6.45) is 5.29. The van der Waals surface area contributed by atoms with Gasteiger partial charge in [0.05, 0.1) is 16.9 Å². The molecule has 0 amide bonds. The highest BCUT2D eigenvalue weighted by Gasteiger charge is 2.22. The highest BCUT2D eigenvalue weighted by atomic mass is 127. The minimum Gasteiger partial charge on any atom is -0.398 e. The molecule has 0 atom stereocenters. The predicted octanol–water partition coefficient (Wildman–Crippen LogP) is 4.30. The second-order valence-electron chi connectivity index (χ2n) is 5.99. The summed E-state index contributed by atoms with van der Waals surface area (Å²) in [6.45, 7) is 0.527. The van der Waals surface area contributed by atoms with Crippen LogP contribution in [0.15, 0.2) is 55.0 Å². The molecule has 27 heavy (non-hydrogen) atoms. The van der Waals surface area contributed by atoms with Gasteiger partial charge in [-0.3, -0.25) is 10.1 Å². The molecule has 6 nitrogen and oxygen atoms in total. The molecule has 2 aromatic carbocycles. The standard InChI is InChI=1S/C20H15IN6/c21-16-6-2-1-5-13(16)17-14(8-22)19(20-15(18(17)23)11-26-27-20)25-10-12-4-3-7-24-9-12/h1-7,9,11,25H,10,23H2,(H,26,27). The number of anilines is 2. The van der Waals surface area contributed by atoms with E-state index in [2.05, 4.69) is 49.2 Å². The fourth-order valence-corrected chi connectivity index (χ4v) is 3.78. The van der Waals surface area contributed by atoms with Gasteiger partial charge in [-0.15, -0.1) is 0 Å². The van der Waals surface area contributed by atoms with Crippen LogP contribution in [0.4, 0.5) is 11.4 Å². The van der Waals surface area contributed by atoms with Gasteiger partial charge < -0.3 is 11.1 Å². The van der Waals surface area contributed by atoms with Crippen LogP contribution in [0.25, 0.3) is 22.0 Å². The van der Waals surface area contributed by atoms with Gasteiger partial charge in [-0.05, 0) is 45.9 Å². The number of aromatic nitrogens is 3. The fraction of sp³-hybridized carbons (Fsp3) is 0.0500. The third-order valence-corrected chi connectivity index (χ3v) is 5.32. The van der Waals surface area contributed by atoms with Gasteiger partial charge >= 0.3 is 0 Å². The molecule has 0 bridgehead atoms. The average molecular weight is 466 g/mol. The number of hydrogen-bond donors (Lipinski definition) is 3. The number of nitrogens with zero attached hydrogens (tertiary/aromatic N) is 3. The zero-order valence-electron chi connectivity index (χ0n) is 14.2. The second kappa shape index (κ2) is 7.25. The van der Waals surface area contributed by atoms with Crippen LogP contribution >= 0.6 is 22.6 Å². The SMILES string of the molecule is N#Cc1c(-c2ccccc2I)c(N)c2c[nH]nc2c1NCc1cccnc1. The van der Waals surface area contributed by atoms with Crippen LogP contribution in [0.1, 0.15) is 11.1 Å². The first-order valence-corrected chi connectivity index (χ1v) is 9.35. The van der Waals surface area contributed by atoms with Crippen molar-refractivity contribution in [3.8, 4) is 17.2 Å². The van der Waals surface area contributed by atoms with E-state index >= 15 is 0 Å². The molecule has 0 saturated heterocycles. The fourth-order valence-electron chi connectivity index (χ4n) is 3.12. The lowest BCUT2D eigenvalue weighted by Gasteiger charge is -2.16. The minimum absolute atomic E-state index is 0.486. The van der Waals surface area contributed by atoms with Gasteiger partial charge in [0, 0.05) is 39.7 Å².